The summed E-state index contributed by atoms with van der Waals surface area (Å²) in [5, 5.41) is 11.7. The second-order valence-corrected chi connectivity index (χ2v) is 7.08. The molecule has 1 N–H and O–H groups in total. The Hall–Kier alpha value is -2.22. The number of hydrogen-bond acceptors (Lipinski definition) is 7. The highest BCUT2D eigenvalue weighted by Crippen LogP contribution is 2.24. The quantitative estimate of drug-likeness (QED) is 0.905. The fourth-order valence-electron chi connectivity index (χ4n) is 3.62. The average molecular weight is 343 g/mol. The van der Waals surface area contributed by atoms with Gasteiger partial charge in [-0.3, -0.25) is 0 Å². The highest BCUT2D eigenvalue weighted by Gasteiger charge is 2.29. The number of nitrogens with one attached hydrogen (secondary N) is 1. The highest BCUT2D eigenvalue weighted by molar-refractivity contribution is 5.42. The summed E-state index contributed by atoms with van der Waals surface area (Å²) in [7, 11) is 0. The van der Waals surface area contributed by atoms with E-state index in [-0.39, 0.29) is 6.10 Å². The van der Waals surface area contributed by atoms with Gasteiger partial charge in [0.05, 0.1) is 18.7 Å². The van der Waals surface area contributed by atoms with Crippen LogP contribution < -0.4 is 10.2 Å². The topological polar surface area (TPSA) is 81.0 Å². The third kappa shape index (κ3) is 3.44. The summed E-state index contributed by atoms with van der Waals surface area (Å²) in [5.74, 6) is 3.02. The van der Waals surface area contributed by atoms with Gasteiger partial charge in [-0.1, -0.05) is 13.8 Å². The maximum Gasteiger partial charge on any atom is 0.227 e. The van der Waals surface area contributed by atoms with Crippen LogP contribution in [0.25, 0.3) is 0 Å². The molecule has 1 fully saturated rings. The molecular formula is C17H25N7O. The molecule has 2 aliphatic rings. The molecule has 8 heteroatoms. The lowest BCUT2D eigenvalue weighted by Crippen LogP contribution is -2.43. The van der Waals surface area contributed by atoms with Gasteiger partial charge in [-0.05, 0) is 24.8 Å². The molecule has 0 aliphatic carbocycles. The minimum atomic E-state index is 0.223. The molecule has 0 amide bonds. The molecule has 2 aromatic rings. The maximum atomic E-state index is 5.97. The SMILES string of the molecule is CC(C)[C@H]1OCCC[C@@H]1Nc1ccnc(N2CCn3cnnc3C2)n1. The normalized spacial score (nSPS) is 23.6. The first-order chi connectivity index (χ1) is 12.2. The molecule has 0 spiro atoms. The molecule has 0 bridgehead atoms. The Labute approximate surface area is 147 Å². The van der Waals surface area contributed by atoms with Crippen LogP contribution in [-0.2, 0) is 17.8 Å². The van der Waals surface area contributed by atoms with Gasteiger partial charge in [0.2, 0.25) is 5.95 Å². The lowest BCUT2D eigenvalue weighted by molar-refractivity contribution is -0.0203. The first-order valence-corrected chi connectivity index (χ1v) is 9.03. The smallest absolute Gasteiger partial charge is 0.227 e. The van der Waals surface area contributed by atoms with E-state index in [1.165, 1.54) is 0 Å². The van der Waals surface area contributed by atoms with Crippen molar-refractivity contribution in [2.45, 2.75) is 51.9 Å². The molecule has 8 nitrogen and oxygen atoms in total. The van der Waals surface area contributed by atoms with Crippen LogP contribution in [0.3, 0.4) is 0 Å². The summed E-state index contributed by atoms with van der Waals surface area (Å²) >= 11 is 0. The van der Waals surface area contributed by atoms with Gasteiger partial charge in [0.25, 0.3) is 0 Å². The third-order valence-corrected chi connectivity index (χ3v) is 4.92. The molecule has 0 aromatic carbocycles. The Bertz CT molecular complexity index is 717. The largest absolute Gasteiger partial charge is 0.376 e. The van der Waals surface area contributed by atoms with E-state index < -0.39 is 0 Å². The minimum Gasteiger partial charge on any atom is -0.376 e. The Morgan fingerprint density at radius 1 is 1.32 bits per heavy atom. The molecule has 0 radical (unpaired) electrons. The van der Waals surface area contributed by atoms with E-state index in [0.29, 0.717) is 18.5 Å². The van der Waals surface area contributed by atoms with E-state index in [2.05, 4.69) is 43.8 Å². The molecule has 2 atom stereocenters. The number of rotatable bonds is 4. The number of anilines is 2. The van der Waals surface area contributed by atoms with Gasteiger partial charge in [0, 0.05) is 25.9 Å². The second kappa shape index (κ2) is 6.95. The predicted molar refractivity (Wildman–Crippen MR) is 94.3 cm³/mol. The maximum absolute atomic E-state index is 5.97. The van der Waals surface area contributed by atoms with E-state index in [9.17, 15) is 0 Å². The molecule has 1 saturated heterocycles. The zero-order chi connectivity index (χ0) is 17.2. The summed E-state index contributed by atoms with van der Waals surface area (Å²) in [6.45, 7) is 7.67. The van der Waals surface area contributed by atoms with E-state index >= 15 is 0 Å². The number of aromatic nitrogens is 5. The van der Waals surface area contributed by atoms with Crippen LogP contribution in [0.2, 0.25) is 0 Å². The average Bonchev–Trinajstić information content (AvgIpc) is 3.10. The van der Waals surface area contributed by atoms with Gasteiger partial charge in [-0.15, -0.1) is 10.2 Å². The van der Waals surface area contributed by atoms with Crippen molar-refractivity contribution in [1.82, 2.24) is 24.7 Å². The summed E-state index contributed by atoms with van der Waals surface area (Å²) in [6.07, 6.45) is 6.01. The molecule has 25 heavy (non-hydrogen) atoms. The fourth-order valence-corrected chi connectivity index (χ4v) is 3.62. The van der Waals surface area contributed by atoms with Gasteiger partial charge in [-0.2, -0.15) is 4.98 Å². The Morgan fingerprint density at radius 2 is 2.24 bits per heavy atom. The lowest BCUT2D eigenvalue weighted by Gasteiger charge is -2.35. The number of ether oxygens (including phenoxy) is 1. The minimum absolute atomic E-state index is 0.223. The standard InChI is InChI=1S/C17H25N7O/c1-12(2)16-13(4-3-9-25-16)20-14-5-6-18-17(21-14)23-7-8-24-11-19-22-15(24)10-23/h5-6,11-13,16H,3-4,7-10H2,1-2H3,(H,18,20,21)/t13-,16+/m0/s1. The Kier molecular flexibility index (Phi) is 4.52. The van der Waals surface area contributed by atoms with Crippen molar-refractivity contribution in [3.05, 3.63) is 24.4 Å². The molecule has 2 aromatic heterocycles. The zero-order valence-electron chi connectivity index (χ0n) is 14.8. The van der Waals surface area contributed by atoms with Crippen molar-refractivity contribution < 1.29 is 4.74 Å². The van der Waals surface area contributed by atoms with Crippen LogP contribution in [0.1, 0.15) is 32.5 Å². The first kappa shape index (κ1) is 16.3. The zero-order valence-corrected chi connectivity index (χ0v) is 14.8. The molecule has 4 rings (SSSR count). The summed E-state index contributed by atoms with van der Waals surface area (Å²) < 4.78 is 8.04. The molecule has 4 heterocycles. The van der Waals surface area contributed by atoms with Crippen molar-refractivity contribution in [2.75, 3.05) is 23.4 Å². The monoisotopic (exact) mass is 343 g/mol. The number of hydrogen-bond donors (Lipinski definition) is 1. The van der Waals surface area contributed by atoms with Crippen molar-refractivity contribution in [1.29, 1.82) is 0 Å². The van der Waals surface area contributed by atoms with Gasteiger partial charge in [-0.25, -0.2) is 4.98 Å². The lowest BCUT2D eigenvalue weighted by atomic mass is 9.94. The van der Waals surface area contributed by atoms with Crippen LogP contribution >= 0.6 is 0 Å². The van der Waals surface area contributed by atoms with Crippen molar-refractivity contribution in [3.63, 3.8) is 0 Å². The molecule has 2 aliphatic heterocycles. The van der Waals surface area contributed by atoms with E-state index in [4.69, 9.17) is 9.72 Å². The van der Waals surface area contributed by atoms with Crippen LogP contribution in [0.4, 0.5) is 11.8 Å². The van der Waals surface area contributed by atoms with E-state index in [1.54, 1.807) is 6.33 Å². The fraction of sp³-hybridized carbons (Fsp3) is 0.647. The number of fused-ring (bicyclic) bond motifs is 1. The predicted octanol–water partition coefficient (Wildman–Crippen LogP) is 1.70. The van der Waals surface area contributed by atoms with Crippen molar-refractivity contribution in [2.24, 2.45) is 5.92 Å². The van der Waals surface area contributed by atoms with Gasteiger partial charge in [0.1, 0.15) is 12.1 Å². The summed E-state index contributed by atoms with van der Waals surface area (Å²) in [5.41, 5.74) is 0. The Balaban J connectivity index is 1.48. The summed E-state index contributed by atoms with van der Waals surface area (Å²) in [6, 6.07) is 2.23. The van der Waals surface area contributed by atoms with Crippen LogP contribution in [0.15, 0.2) is 18.6 Å². The molecular weight excluding hydrogens is 318 g/mol. The first-order valence-electron chi connectivity index (χ1n) is 9.03. The van der Waals surface area contributed by atoms with Gasteiger partial charge in [0.15, 0.2) is 5.82 Å². The molecule has 0 saturated carbocycles. The van der Waals surface area contributed by atoms with Crippen LogP contribution in [-0.4, -0.2) is 50.0 Å². The van der Waals surface area contributed by atoms with E-state index in [0.717, 1.165) is 50.1 Å². The third-order valence-electron chi connectivity index (χ3n) is 4.92. The van der Waals surface area contributed by atoms with Gasteiger partial charge < -0.3 is 19.5 Å². The molecule has 0 unspecified atom stereocenters. The molecule has 134 valence electrons. The second-order valence-electron chi connectivity index (χ2n) is 7.08. The van der Waals surface area contributed by atoms with Gasteiger partial charge >= 0.3 is 0 Å². The van der Waals surface area contributed by atoms with Crippen LogP contribution in [0, 0.1) is 5.92 Å². The van der Waals surface area contributed by atoms with Crippen LogP contribution in [0.5, 0.6) is 0 Å². The van der Waals surface area contributed by atoms with Crippen molar-refractivity contribution >= 4 is 11.8 Å². The van der Waals surface area contributed by atoms with E-state index in [1.807, 2.05) is 12.3 Å². The highest BCUT2D eigenvalue weighted by atomic mass is 16.5. The summed E-state index contributed by atoms with van der Waals surface area (Å²) in [4.78, 5) is 11.3. The van der Waals surface area contributed by atoms with Crippen molar-refractivity contribution in [3.8, 4) is 0 Å². The number of nitrogens with zero attached hydrogens (tertiary/aromatic N) is 6. The Morgan fingerprint density at radius 3 is 3.12 bits per heavy atom.